The van der Waals surface area contributed by atoms with E-state index in [9.17, 15) is 18.0 Å². The van der Waals surface area contributed by atoms with Crippen LogP contribution in [0.3, 0.4) is 0 Å². The number of nitrogens with zero attached hydrogens (tertiary/aromatic N) is 1. The molecule has 2 rings (SSSR count). The third-order valence-corrected chi connectivity index (χ3v) is 3.76. The number of benzene rings is 1. The summed E-state index contributed by atoms with van der Waals surface area (Å²) in [6.07, 6.45) is 1.12. The van der Waals surface area contributed by atoms with Crippen LogP contribution in [0.15, 0.2) is 29.2 Å². The molecule has 18 heavy (non-hydrogen) atoms. The van der Waals surface area contributed by atoms with Gasteiger partial charge in [0.1, 0.15) is 0 Å². The molecule has 7 heteroatoms. The standard InChI is InChI=1S/C11H12N2O4S/c1-18(16,17)9-4-2-8(3-5-9)7-13-10(14)6-12-11(13)15/h2-5H,6-7H2,1H3,(H,12,15). The summed E-state index contributed by atoms with van der Waals surface area (Å²) >= 11 is 0. The molecule has 1 aliphatic rings. The molecule has 1 aromatic rings. The minimum absolute atomic E-state index is 0.0141. The Kier molecular flexibility index (Phi) is 3.08. The normalized spacial score (nSPS) is 15.9. The van der Waals surface area contributed by atoms with Gasteiger partial charge in [-0.05, 0) is 17.7 Å². The molecule has 0 atom stereocenters. The molecule has 1 fully saturated rings. The van der Waals surface area contributed by atoms with Gasteiger partial charge in [-0.1, -0.05) is 12.1 Å². The fourth-order valence-corrected chi connectivity index (χ4v) is 2.27. The maximum atomic E-state index is 11.4. The van der Waals surface area contributed by atoms with Gasteiger partial charge in [-0.15, -0.1) is 0 Å². The van der Waals surface area contributed by atoms with E-state index in [1.807, 2.05) is 0 Å². The molecule has 0 aromatic heterocycles. The van der Waals surface area contributed by atoms with Crippen molar-refractivity contribution in [1.29, 1.82) is 0 Å². The van der Waals surface area contributed by atoms with Crippen LogP contribution in [0.4, 0.5) is 4.79 Å². The van der Waals surface area contributed by atoms with Gasteiger partial charge in [-0.25, -0.2) is 13.2 Å². The van der Waals surface area contributed by atoms with Crippen LogP contribution in [0.5, 0.6) is 0 Å². The predicted molar refractivity (Wildman–Crippen MR) is 63.5 cm³/mol. The van der Waals surface area contributed by atoms with Crippen molar-refractivity contribution in [2.75, 3.05) is 12.8 Å². The molecule has 3 amide bonds. The quantitative estimate of drug-likeness (QED) is 0.790. The summed E-state index contributed by atoms with van der Waals surface area (Å²) in [7, 11) is -3.23. The van der Waals surface area contributed by atoms with E-state index in [2.05, 4.69) is 5.32 Å². The number of rotatable bonds is 3. The lowest BCUT2D eigenvalue weighted by molar-refractivity contribution is -0.125. The highest BCUT2D eigenvalue weighted by molar-refractivity contribution is 7.90. The molecule has 1 heterocycles. The Labute approximate surface area is 105 Å². The van der Waals surface area contributed by atoms with Crippen molar-refractivity contribution in [2.24, 2.45) is 0 Å². The van der Waals surface area contributed by atoms with E-state index in [-0.39, 0.29) is 23.9 Å². The summed E-state index contributed by atoms with van der Waals surface area (Å²) in [6.45, 7) is 0.162. The lowest BCUT2D eigenvalue weighted by Gasteiger charge is -2.12. The largest absolute Gasteiger partial charge is 0.329 e. The maximum Gasteiger partial charge on any atom is 0.324 e. The Balaban J connectivity index is 2.16. The number of nitrogens with one attached hydrogen (secondary N) is 1. The van der Waals surface area contributed by atoms with Crippen molar-refractivity contribution in [1.82, 2.24) is 10.2 Å². The summed E-state index contributed by atoms with van der Waals surface area (Å²) in [4.78, 5) is 24.0. The number of imide groups is 1. The maximum absolute atomic E-state index is 11.4. The van der Waals surface area contributed by atoms with Crippen LogP contribution in [-0.2, 0) is 21.2 Å². The summed E-state index contributed by atoms with van der Waals surface area (Å²) in [5.41, 5.74) is 0.702. The third-order valence-electron chi connectivity index (χ3n) is 2.63. The molecule has 1 saturated heterocycles. The van der Waals surface area contributed by atoms with Gasteiger partial charge in [-0.3, -0.25) is 9.69 Å². The zero-order chi connectivity index (χ0) is 13.3. The molecular weight excluding hydrogens is 256 g/mol. The van der Waals surface area contributed by atoms with E-state index in [4.69, 9.17) is 0 Å². The molecular formula is C11H12N2O4S. The highest BCUT2D eigenvalue weighted by atomic mass is 32.2. The van der Waals surface area contributed by atoms with E-state index in [0.717, 1.165) is 11.2 Å². The number of hydrogen-bond donors (Lipinski definition) is 1. The molecule has 0 aliphatic carbocycles. The van der Waals surface area contributed by atoms with E-state index >= 15 is 0 Å². The Morgan fingerprint density at radius 3 is 2.28 bits per heavy atom. The van der Waals surface area contributed by atoms with Gasteiger partial charge in [0, 0.05) is 6.26 Å². The average Bonchev–Trinajstić information content (AvgIpc) is 2.60. The van der Waals surface area contributed by atoms with Gasteiger partial charge in [0.25, 0.3) is 0 Å². The summed E-state index contributed by atoms with van der Waals surface area (Å²) < 4.78 is 22.5. The Hall–Kier alpha value is -1.89. The second kappa shape index (κ2) is 4.41. The highest BCUT2D eigenvalue weighted by Crippen LogP contribution is 2.13. The zero-order valence-electron chi connectivity index (χ0n) is 9.71. The van der Waals surface area contributed by atoms with Crippen LogP contribution < -0.4 is 5.32 Å². The van der Waals surface area contributed by atoms with Gasteiger partial charge < -0.3 is 5.32 Å². The lowest BCUT2D eigenvalue weighted by Crippen LogP contribution is -2.30. The number of urea groups is 1. The fraction of sp³-hybridized carbons (Fsp3) is 0.273. The number of sulfone groups is 1. The van der Waals surface area contributed by atoms with E-state index in [0.29, 0.717) is 5.56 Å². The minimum Gasteiger partial charge on any atom is -0.329 e. The molecule has 96 valence electrons. The number of amides is 3. The SMILES string of the molecule is CS(=O)(=O)c1ccc(CN2C(=O)CNC2=O)cc1. The van der Waals surface area contributed by atoms with E-state index < -0.39 is 15.9 Å². The highest BCUT2D eigenvalue weighted by Gasteiger charge is 2.28. The molecule has 6 nitrogen and oxygen atoms in total. The first-order chi connectivity index (χ1) is 8.38. The Morgan fingerprint density at radius 2 is 1.83 bits per heavy atom. The van der Waals surface area contributed by atoms with Gasteiger partial charge in [0.15, 0.2) is 9.84 Å². The van der Waals surface area contributed by atoms with Gasteiger partial charge in [0.05, 0.1) is 18.0 Å². The molecule has 1 aromatic carbocycles. The first-order valence-electron chi connectivity index (χ1n) is 5.25. The first-order valence-corrected chi connectivity index (χ1v) is 7.14. The van der Waals surface area contributed by atoms with E-state index in [1.165, 1.54) is 12.1 Å². The molecule has 1 N–H and O–H groups in total. The van der Waals surface area contributed by atoms with Crippen molar-refractivity contribution in [3.63, 3.8) is 0 Å². The topological polar surface area (TPSA) is 83.6 Å². The second-order valence-electron chi connectivity index (χ2n) is 4.05. The van der Waals surface area contributed by atoms with Crippen LogP contribution in [0.2, 0.25) is 0 Å². The fourth-order valence-electron chi connectivity index (χ4n) is 1.64. The monoisotopic (exact) mass is 268 g/mol. The number of hydrogen-bond acceptors (Lipinski definition) is 4. The molecule has 0 saturated carbocycles. The summed E-state index contributed by atoms with van der Waals surface area (Å²) in [5, 5.41) is 2.42. The third kappa shape index (κ3) is 2.51. The van der Waals surface area contributed by atoms with Crippen molar-refractivity contribution in [3.8, 4) is 0 Å². The summed E-state index contributed by atoms with van der Waals surface area (Å²) in [5.74, 6) is -0.285. The molecule has 0 radical (unpaired) electrons. The second-order valence-corrected chi connectivity index (χ2v) is 6.07. The Morgan fingerprint density at radius 1 is 1.22 bits per heavy atom. The van der Waals surface area contributed by atoms with Crippen molar-refractivity contribution < 1.29 is 18.0 Å². The van der Waals surface area contributed by atoms with E-state index in [1.54, 1.807) is 12.1 Å². The van der Waals surface area contributed by atoms with Crippen LogP contribution >= 0.6 is 0 Å². The minimum atomic E-state index is -3.23. The average molecular weight is 268 g/mol. The molecule has 1 aliphatic heterocycles. The van der Waals surface area contributed by atoms with Gasteiger partial charge >= 0.3 is 6.03 Å². The number of carbonyl (C=O) groups is 2. The van der Waals surface area contributed by atoms with Gasteiger partial charge in [0.2, 0.25) is 5.91 Å². The first kappa shape index (κ1) is 12.6. The van der Waals surface area contributed by atoms with Crippen LogP contribution in [0.25, 0.3) is 0 Å². The molecule has 0 unspecified atom stereocenters. The number of carbonyl (C=O) groups excluding carboxylic acids is 2. The molecule has 0 spiro atoms. The predicted octanol–water partition coefficient (Wildman–Crippen LogP) is 0.142. The zero-order valence-corrected chi connectivity index (χ0v) is 10.5. The van der Waals surface area contributed by atoms with Gasteiger partial charge in [-0.2, -0.15) is 0 Å². The van der Waals surface area contributed by atoms with Crippen LogP contribution in [0, 0.1) is 0 Å². The van der Waals surface area contributed by atoms with Crippen molar-refractivity contribution in [3.05, 3.63) is 29.8 Å². The van der Waals surface area contributed by atoms with Crippen LogP contribution in [0.1, 0.15) is 5.56 Å². The Bertz CT molecular complexity index is 576. The van der Waals surface area contributed by atoms with Crippen molar-refractivity contribution in [2.45, 2.75) is 11.4 Å². The lowest BCUT2D eigenvalue weighted by atomic mass is 10.2. The molecule has 0 bridgehead atoms. The smallest absolute Gasteiger partial charge is 0.324 e. The van der Waals surface area contributed by atoms with Crippen molar-refractivity contribution >= 4 is 21.8 Å². The summed E-state index contributed by atoms with van der Waals surface area (Å²) in [6, 6.07) is 5.68. The van der Waals surface area contributed by atoms with Crippen LogP contribution in [-0.4, -0.2) is 38.1 Å².